The Balaban J connectivity index is 1.78. The molecule has 16 heavy (non-hydrogen) atoms. The molecule has 5 aliphatic carbocycles. The maximum absolute atomic E-state index is 2.83. The van der Waals surface area contributed by atoms with E-state index < -0.39 is 0 Å². The fourth-order valence-corrected chi connectivity index (χ4v) is 10.2. The zero-order chi connectivity index (χ0) is 11.0. The fourth-order valence-electron chi connectivity index (χ4n) is 8.35. The maximum atomic E-state index is 2.83. The summed E-state index contributed by atoms with van der Waals surface area (Å²) in [5, 5.41) is 0. The molecule has 2 spiro atoms. The van der Waals surface area contributed by atoms with E-state index >= 15 is 0 Å². The number of hydrogen-bond donors (Lipinski definition) is 0. The number of alkyl halides is 1. The Morgan fingerprint density at radius 3 is 2.69 bits per heavy atom. The molecule has 5 fully saturated rings. The normalized spacial score (nSPS) is 77.8. The lowest BCUT2D eigenvalue weighted by Gasteiger charge is -2.67. The summed E-state index contributed by atoms with van der Waals surface area (Å²) >= 11 is 2.83. The van der Waals surface area contributed by atoms with Gasteiger partial charge in [0, 0.05) is 3.42 Å². The molecule has 0 aromatic heterocycles. The molecule has 0 aliphatic heterocycles. The quantitative estimate of drug-likeness (QED) is 0.456. The van der Waals surface area contributed by atoms with E-state index in [0.717, 1.165) is 28.1 Å². The Morgan fingerprint density at radius 2 is 1.94 bits per heavy atom. The van der Waals surface area contributed by atoms with Crippen LogP contribution in [0.1, 0.15) is 52.4 Å². The highest BCUT2D eigenvalue weighted by Gasteiger charge is 2.98. The van der Waals surface area contributed by atoms with Gasteiger partial charge in [0.05, 0.1) is 0 Å². The summed E-state index contributed by atoms with van der Waals surface area (Å²) in [5.74, 6) is 3.36. The minimum absolute atomic E-state index is 0.642. The van der Waals surface area contributed by atoms with Gasteiger partial charge in [-0.25, -0.2) is 0 Å². The molecular weight excluding hydrogens is 307 g/mol. The number of hydrogen-bond acceptors (Lipinski definition) is 0. The van der Waals surface area contributed by atoms with Crippen molar-refractivity contribution < 1.29 is 0 Å². The molecule has 0 saturated heterocycles. The number of rotatable bonds is 0. The third-order valence-corrected chi connectivity index (χ3v) is 9.59. The third kappa shape index (κ3) is 0.540. The van der Waals surface area contributed by atoms with E-state index in [1.807, 2.05) is 0 Å². The molecule has 1 heteroatoms. The van der Waals surface area contributed by atoms with E-state index in [4.69, 9.17) is 0 Å². The summed E-state index contributed by atoms with van der Waals surface area (Å²) in [6.07, 6.45) is 9.55. The van der Waals surface area contributed by atoms with E-state index in [2.05, 4.69) is 36.4 Å². The van der Waals surface area contributed by atoms with Crippen LogP contribution in [0.3, 0.4) is 0 Å². The lowest BCUT2D eigenvalue weighted by atomic mass is 9.41. The largest absolute Gasteiger partial charge is 0.0785 e. The summed E-state index contributed by atoms with van der Waals surface area (Å²) in [6, 6.07) is 0. The SMILES string of the molecule is C[C@@H]1C[C@@H]2CCC3C24CCC12C(C)(I)CC342. The first-order valence-electron chi connectivity index (χ1n) is 7.22. The average Bonchev–Trinajstić information content (AvgIpc) is 2.52. The second-order valence-electron chi connectivity index (χ2n) is 7.82. The third-order valence-electron chi connectivity index (χ3n) is 8.25. The molecule has 7 atom stereocenters. The highest BCUT2D eigenvalue weighted by Crippen LogP contribution is 3.02. The molecule has 0 amide bonds. The molecule has 0 aromatic rings. The Morgan fingerprint density at radius 1 is 1.12 bits per heavy atom. The maximum Gasteiger partial charge on any atom is 0.0264 e. The molecule has 0 radical (unpaired) electrons. The smallest absolute Gasteiger partial charge is 0.0264 e. The summed E-state index contributed by atoms with van der Waals surface area (Å²) in [7, 11) is 0. The van der Waals surface area contributed by atoms with E-state index in [1.165, 1.54) is 5.92 Å². The molecule has 0 heterocycles. The molecule has 0 nitrogen and oxygen atoms in total. The van der Waals surface area contributed by atoms with E-state index in [-0.39, 0.29) is 0 Å². The van der Waals surface area contributed by atoms with E-state index in [0.29, 0.717) is 3.42 Å². The summed E-state index contributed by atoms with van der Waals surface area (Å²) in [6.45, 7) is 5.17. The van der Waals surface area contributed by atoms with Crippen molar-refractivity contribution in [1.29, 1.82) is 0 Å². The Labute approximate surface area is 112 Å². The van der Waals surface area contributed by atoms with Crippen molar-refractivity contribution in [2.75, 3.05) is 0 Å². The van der Waals surface area contributed by atoms with Gasteiger partial charge in [0.1, 0.15) is 0 Å². The Hall–Kier alpha value is 0.730. The topological polar surface area (TPSA) is 0 Å². The number of halogens is 1. The highest BCUT2D eigenvalue weighted by atomic mass is 127. The van der Waals surface area contributed by atoms with Crippen molar-refractivity contribution in [3.63, 3.8) is 0 Å². The van der Waals surface area contributed by atoms with Crippen LogP contribution in [0.4, 0.5) is 0 Å². The second-order valence-corrected chi connectivity index (χ2v) is 10.2. The summed E-state index contributed by atoms with van der Waals surface area (Å²) in [5.41, 5.74) is 2.57. The van der Waals surface area contributed by atoms with Gasteiger partial charge in [0.25, 0.3) is 0 Å². The van der Waals surface area contributed by atoms with Gasteiger partial charge < -0.3 is 0 Å². The standard InChI is InChI=1S/C15H21I/c1-9-7-10-3-4-11-13(10)5-6-14(9)12(2,16)8-15(11,13)14/h9-11H,3-8H2,1-2H3/t9-,10+,11?,12?,13?,14?,15?/m1/s1. The van der Waals surface area contributed by atoms with Crippen LogP contribution >= 0.6 is 22.6 Å². The molecule has 5 rings (SSSR count). The van der Waals surface area contributed by atoms with Crippen molar-refractivity contribution in [2.45, 2.75) is 55.8 Å². The molecule has 5 unspecified atom stereocenters. The van der Waals surface area contributed by atoms with Crippen molar-refractivity contribution in [1.82, 2.24) is 0 Å². The zero-order valence-electron chi connectivity index (χ0n) is 10.4. The molecule has 5 aliphatic rings. The highest BCUT2D eigenvalue weighted by molar-refractivity contribution is 14.1. The predicted octanol–water partition coefficient (Wildman–Crippen LogP) is 4.42. The van der Waals surface area contributed by atoms with E-state index in [1.54, 1.807) is 38.5 Å². The first-order valence-corrected chi connectivity index (χ1v) is 8.30. The van der Waals surface area contributed by atoms with Crippen LogP contribution in [0.2, 0.25) is 0 Å². The first-order chi connectivity index (χ1) is 7.53. The Kier molecular flexibility index (Phi) is 1.30. The monoisotopic (exact) mass is 328 g/mol. The molecule has 0 N–H and O–H groups in total. The predicted molar refractivity (Wildman–Crippen MR) is 73.6 cm³/mol. The van der Waals surface area contributed by atoms with Crippen LogP contribution in [0.15, 0.2) is 0 Å². The van der Waals surface area contributed by atoms with Gasteiger partial charge in [-0.2, -0.15) is 0 Å². The van der Waals surface area contributed by atoms with Crippen LogP contribution in [0, 0.1) is 34.0 Å². The fraction of sp³-hybridized carbons (Fsp3) is 1.00. The van der Waals surface area contributed by atoms with Gasteiger partial charge in [0.15, 0.2) is 0 Å². The molecule has 5 saturated carbocycles. The van der Waals surface area contributed by atoms with Crippen LogP contribution < -0.4 is 0 Å². The minimum atomic E-state index is 0.642. The lowest BCUT2D eigenvalue weighted by Crippen LogP contribution is -2.65. The molecule has 0 aromatic carbocycles. The van der Waals surface area contributed by atoms with E-state index in [9.17, 15) is 0 Å². The van der Waals surface area contributed by atoms with Crippen molar-refractivity contribution in [3.8, 4) is 0 Å². The molecule has 2 bridgehead atoms. The van der Waals surface area contributed by atoms with Crippen molar-refractivity contribution >= 4 is 22.6 Å². The van der Waals surface area contributed by atoms with Gasteiger partial charge in [0.2, 0.25) is 0 Å². The zero-order valence-corrected chi connectivity index (χ0v) is 12.5. The first kappa shape index (κ1) is 9.63. The molecule has 88 valence electrons. The Bertz CT molecular complexity index is 414. The van der Waals surface area contributed by atoms with Crippen molar-refractivity contribution in [2.24, 2.45) is 34.0 Å². The average molecular weight is 328 g/mol. The van der Waals surface area contributed by atoms with Gasteiger partial charge >= 0.3 is 0 Å². The van der Waals surface area contributed by atoms with Gasteiger partial charge in [-0.05, 0) is 79.4 Å². The van der Waals surface area contributed by atoms with Gasteiger partial charge in [-0.15, -0.1) is 0 Å². The van der Waals surface area contributed by atoms with Crippen molar-refractivity contribution in [3.05, 3.63) is 0 Å². The summed E-state index contributed by atoms with van der Waals surface area (Å²) < 4.78 is 0.642. The van der Waals surface area contributed by atoms with Gasteiger partial charge in [-0.1, -0.05) is 29.5 Å². The molecular formula is C15H21I. The van der Waals surface area contributed by atoms with Crippen LogP contribution in [-0.2, 0) is 0 Å². The minimum Gasteiger partial charge on any atom is -0.0785 e. The lowest BCUT2D eigenvalue weighted by molar-refractivity contribution is -0.122. The summed E-state index contributed by atoms with van der Waals surface area (Å²) in [4.78, 5) is 0. The van der Waals surface area contributed by atoms with Crippen LogP contribution in [0.25, 0.3) is 0 Å². The van der Waals surface area contributed by atoms with Crippen LogP contribution in [0.5, 0.6) is 0 Å². The van der Waals surface area contributed by atoms with Gasteiger partial charge in [-0.3, -0.25) is 0 Å². The second kappa shape index (κ2) is 2.16. The van der Waals surface area contributed by atoms with Crippen LogP contribution in [-0.4, -0.2) is 3.42 Å².